The number of aryl methyl sites for hydroxylation is 1. The zero-order chi connectivity index (χ0) is 10.1. The molecule has 0 spiro atoms. The Kier molecular flexibility index (Phi) is 3.42. The molecule has 0 aliphatic heterocycles. The lowest BCUT2D eigenvalue weighted by molar-refractivity contribution is 0.607. The highest BCUT2D eigenvalue weighted by Gasteiger charge is 2.21. The van der Waals surface area contributed by atoms with Gasteiger partial charge in [-0.25, -0.2) is 0 Å². The summed E-state index contributed by atoms with van der Waals surface area (Å²) < 4.78 is 0. The molecule has 1 rings (SSSR count). The lowest BCUT2D eigenvalue weighted by Crippen LogP contribution is -2.19. The number of hydrogen-bond donors (Lipinski definition) is 0. The molecule has 72 valence electrons. The minimum absolute atomic E-state index is 0.102. The van der Waals surface area contributed by atoms with Crippen LogP contribution in [0.5, 0.6) is 0 Å². The largest absolute Gasteiger partial charge is 0.0919 e. The molecular weight excluding hydrogens is 247 g/mol. The Morgan fingerprint density at radius 2 is 2.00 bits per heavy atom. The third-order valence-electron chi connectivity index (χ3n) is 2.19. The van der Waals surface area contributed by atoms with Crippen molar-refractivity contribution in [1.29, 1.82) is 0 Å². The third kappa shape index (κ3) is 2.47. The van der Waals surface area contributed by atoms with Crippen molar-refractivity contribution in [3.05, 3.63) is 34.3 Å². The highest BCUT2D eigenvalue weighted by Crippen LogP contribution is 2.31. The van der Waals surface area contributed by atoms with Gasteiger partial charge in [0.15, 0.2) is 0 Å². The lowest BCUT2D eigenvalue weighted by atomic mass is 9.86. The summed E-state index contributed by atoms with van der Waals surface area (Å²) in [5.41, 5.74) is 2.51. The lowest BCUT2D eigenvalue weighted by Gasteiger charge is -2.23. The third-order valence-corrected chi connectivity index (χ3v) is 3.90. The van der Waals surface area contributed by atoms with Crippen molar-refractivity contribution < 1.29 is 0 Å². The van der Waals surface area contributed by atoms with E-state index in [2.05, 4.69) is 48.8 Å². The minimum atomic E-state index is 0.102. The standard InChI is InChI=1S/C11H14BrCl/c1-8-4-5-9(10(13)6-8)11(2,3)7-12/h4-6H,7H2,1-3H3. The molecule has 0 aromatic heterocycles. The summed E-state index contributed by atoms with van der Waals surface area (Å²) >= 11 is 9.67. The van der Waals surface area contributed by atoms with Gasteiger partial charge in [0.25, 0.3) is 0 Å². The predicted octanol–water partition coefficient (Wildman–Crippen LogP) is 4.32. The van der Waals surface area contributed by atoms with Crippen LogP contribution in [0.15, 0.2) is 18.2 Å². The van der Waals surface area contributed by atoms with Crippen molar-refractivity contribution in [3.63, 3.8) is 0 Å². The average molecular weight is 262 g/mol. The average Bonchev–Trinajstić information content (AvgIpc) is 2.03. The summed E-state index contributed by atoms with van der Waals surface area (Å²) in [5, 5.41) is 1.78. The molecule has 0 radical (unpaired) electrons. The molecule has 0 nitrogen and oxygen atoms in total. The predicted molar refractivity (Wildman–Crippen MR) is 63.0 cm³/mol. The molecule has 0 N–H and O–H groups in total. The first-order valence-electron chi connectivity index (χ1n) is 4.30. The van der Waals surface area contributed by atoms with Crippen LogP contribution in [-0.4, -0.2) is 5.33 Å². The molecule has 0 saturated heterocycles. The second kappa shape index (κ2) is 4.02. The van der Waals surface area contributed by atoms with Crippen LogP contribution in [0.25, 0.3) is 0 Å². The van der Waals surface area contributed by atoms with Gasteiger partial charge < -0.3 is 0 Å². The van der Waals surface area contributed by atoms with Crippen LogP contribution < -0.4 is 0 Å². The van der Waals surface area contributed by atoms with Gasteiger partial charge >= 0.3 is 0 Å². The second-order valence-electron chi connectivity index (χ2n) is 4.00. The highest BCUT2D eigenvalue weighted by molar-refractivity contribution is 9.09. The van der Waals surface area contributed by atoms with Crippen LogP contribution in [0, 0.1) is 6.92 Å². The Morgan fingerprint density at radius 1 is 1.38 bits per heavy atom. The molecule has 0 fully saturated rings. The number of hydrogen-bond acceptors (Lipinski definition) is 0. The van der Waals surface area contributed by atoms with Crippen molar-refractivity contribution in [2.75, 3.05) is 5.33 Å². The van der Waals surface area contributed by atoms with E-state index in [1.165, 1.54) is 11.1 Å². The molecule has 0 atom stereocenters. The van der Waals surface area contributed by atoms with E-state index < -0.39 is 0 Å². The first-order valence-corrected chi connectivity index (χ1v) is 5.80. The summed E-state index contributed by atoms with van der Waals surface area (Å²) in [5.74, 6) is 0. The summed E-state index contributed by atoms with van der Waals surface area (Å²) in [6.45, 7) is 6.41. The fourth-order valence-electron chi connectivity index (χ4n) is 1.24. The molecular formula is C11H14BrCl. The molecule has 13 heavy (non-hydrogen) atoms. The van der Waals surface area contributed by atoms with Crippen LogP contribution in [-0.2, 0) is 5.41 Å². The molecule has 0 aliphatic rings. The Morgan fingerprint density at radius 3 is 2.46 bits per heavy atom. The second-order valence-corrected chi connectivity index (χ2v) is 4.97. The Bertz CT molecular complexity index is 305. The molecule has 0 aliphatic carbocycles. The van der Waals surface area contributed by atoms with Gasteiger partial charge in [-0.3, -0.25) is 0 Å². The van der Waals surface area contributed by atoms with E-state index in [1.807, 2.05) is 6.07 Å². The van der Waals surface area contributed by atoms with E-state index in [0.717, 1.165) is 10.4 Å². The molecule has 0 heterocycles. The van der Waals surface area contributed by atoms with Gasteiger partial charge in [0, 0.05) is 15.8 Å². The van der Waals surface area contributed by atoms with Gasteiger partial charge in [0.1, 0.15) is 0 Å². The van der Waals surface area contributed by atoms with Crippen LogP contribution in [0.4, 0.5) is 0 Å². The highest BCUT2D eigenvalue weighted by atomic mass is 79.9. The van der Waals surface area contributed by atoms with Crippen LogP contribution in [0.1, 0.15) is 25.0 Å². The zero-order valence-corrected chi connectivity index (χ0v) is 10.5. The molecule has 0 saturated carbocycles. The van der Waals surface area contributed by atoms with Crippen LogP contribution >= 0.6 is 27.5 Å². The minimum Gasteiger partial charge on any atom is -0.0919 e. The van der Waals surface area contributed by atoms with Crippen molar-refractivity contribution in [2.24, 2.45) is 0 Å². The van der Waals surface area contributed by atoms with Crippen molar-refractivity contribution in [3.8, 4) is 0 Å². The van der Waals surface area contributed by atoms with E-state index in [0.29, 0.717) is 0 Å². The van der Waals surface area contributed by atoms with E-state index in [4.69, 9.17) is 11.6 Å². The maximum absolute atomic E-state index is 6.17. The summed E-state index contributed by atoms with van der Waals surface area (Å²) in [4.78, 5) is 0. The summed E-state index contributed by atoms with van der Waals surface area (Å²) in [7, 11) is 0. The fraction of sp³-hybridized carbons (Fsp3) is 0.455. The van der Waals surface area contributed by atoms with Crippen molar-refractivity contribution in [1.82, 2.24) is 0 Å². The van der Waals surface area contributed by atoms with E-state index >= 15 is 0 Å². The number of benzene rings is 1. The zero-order valence-electron chi connectivity index (χ0n) is 8.20. The van der Waals surface area contributed by atoms with Crippen molar-refractivity contribution in [2.45, 2.75) is 26.2 Å². The molecule has 0 bridgehead atoms. The van der Waals surface area contributed by atoms with Gasteiger partial charge in [-0.1, -0.05) is 53.5 Å². The van der Waals surface area contributed by atoms with Gasteiger partial charge in [-0.05, 0) is 24.1 Å². The SMILES string of the molecule is Cc1ccc(C(C)(C)CBr)c(Cl)c1. The molecule has 2 heteroatoms. The van der Waals surface area contributed by atoms with Gasteiger partial charge in [-0.2, -0.15) is 0 Å². The van der Waals surface area contributed by atoms with Crippen LogP contribution in [0.3, 0.4) is 0 Å². The summed E-state index contributed by atoms with van der Waals surface area (Å²) in [6, 6.07) is 6.23. The Hall–Kier alpha value is -0.0100. The maximum Gasteiger partial charge on any atom is 0.0446 e. The van der Waals surface area contributed by atoms with Gasteiger partial charge in [-0.15, -0.1) is 0 Å². The van der Waals surface area contributed by atoms with E-state index in [-0.39, 0.29) is 5.41 Å². The van der Waals surface area contributed by atoms with E-state index in [9.17, 15) is 0 Å². The molecule has 1 aromatic carbocycles. The smallest absolute Gasteiger partial charge is 0.0446 e. The Balaban J connectivity index is 3.16. The molecule has 1 aromatic rings. The first kappa shape index (κ1) is 11.1. The first-order chi connectivity index (χ1) is 5.97. The topological polar surface area (TPSA) is 0 Å². The number of rotatable bonds is 2. The van der Waals surface area contributed by atoms with Gasteiger partial charge in [0.05, 0.1) is 0 Å². The quantitative estimate of drug-likeness (QED) is 0.696. The van der Waals surface area contributed by atoms with Crippen molar-refractivity contribution >= 4 is 27.5 Å². The summed E-state index contributed by atoms with van der Waals surface area (Å²) in [6.07, 6.45) is 0. The number of alkyl halides is 1. The maximum atomic E-state index is 6.17. The Labute approximate surface area is 93.4 Å². The molecule has 0 amide bonds. The van der Waals surface area contributed by atoms with Crippen LogP contribution in [0.2, 0.25) is 5.02 Å². The molecule has 0 unspecified atom stereocenters. The monoisotopic (exact) mass is 260 g/mol. The van der Waals surface area contributed by atoms with E-state index in [1.54, 1.807) is 0 Å². The number of halogens is 2. The normalized spacial score (nSPS) is 11.8. The fourth-order valence-corrected chi connectivity index (χ4v) is 2.03. The van der Waals surface area contributed by atoms with Gasteiger partial charge in [0.2, 0.25) is 0 Å².